The van der Waals surface area contributed by atoms with Gasteiger partial charge < -0.3 is 15.2 Å². The van der Waals surface area contributed by atoms with Gasteiger partial charge in [0.1, 0.15) is 5.41 Å². The lowest BCUT2D eigenvalue weighted by Crippen LogP contribution is -2.50. The summed E-state index contributed by atoms with van der Waals surface area (Å²) >= 11 is 0. The van der Waals surface area contributed by atoms with Crippen molar-refractivity contribution in [2.75, 3.05) is 13.2 Å². The molecule has 0 aromatic carbocycles. The third kappa shape index (κ3) is 4.29. The van der Waals surface area contributed by atoms with Crippen LogP contribution in [0.25, 0.3) is 0 Å². The average Bonchev–Trinajstić information content (AvgIpc) is 2.25. The highest BCUT2D eigenvalue weighted by Gasteiger charge is 2.38. The molecular weight excluding hydrogens is 234 g/mol. The largest absolute Gasteiger partial charge is 0.465 e. The number of hydrogen-bond donors (Lipinski definition) is 2. The maximum absolute atomic E-state index is 11.9. The highest BCUT2D eigenvalue weighted by Crippen LogP contribution is 2.19. The molecule has 0 unspecified atom stereocenters. The Hall–Kier alpha value is -1.10. The summed E-state index contributed by atoms with van der Waals surface area (Å²) in [7, 11) is 0. The molecule has 0 heterocycles. The predicted molar refractivity (Wildman–Crippen MR) is 68.9 cm³/mol. The van der Waals surface area contributed by atoms with Crippen molar-refractivity contribution >= 4 is 11.9 Å². The van der Waals surface area contributed by atoms with Gasteiger partial charge >= 0.3 is 5.97 Å². The topological polar surface area (TPSA) is 75.6 Å². The normalized spacial score (nSPS) is 15.1. The first kappa shape index (κ1) is 16.9. The van der Waals surface area contributed by atoms with Crippen LogP contribution in [0.15, 0.2) is 0 Å². The number of carbonyl (C=O) groups excluding carboxylic acids is 2. The van der Waals surface area contributed by atoms with E-state index in [0.717, 1.165) is 0 Å². The summed E-state index contributed by atoms with van der Waals surface area (Å²) in [5.41, 5.74) is -2.25. The monoisotopic (exact) mass is 259 g/mol. The van der Waals surface area contributed by atoms with Crippen LogP contribution in [-0.2, 0) is 14.3 Å². The number of nitrogens with one attached hydrogen (secondary N) is 1. The fourth-order valence-electron chi connectivity index (χ4n) is 1.09. The molecule has 0 saturated carbocycles. The van der Waals surface area contributed by atoms with Crippen LogP contribution < -0.4 is 5.32 Å². The molecule has 5 heteroatoms. The van der Waals surface area contributed by atoms with Crippen molar-refractivity contribution in [1.82, 2.24) is 5.32 Å². The number of amides is 1. The first-order chi connectivity index (χ1) is 8.05. The van der Waals surface area contributed by atoms with Gasteiger partial charge in [-0.25, -0.2) is 0 Å². The maximum Gasteiger partial charge on any atom is 0.321 e. The molecule has 18 heavy (non-hydrogen) atoms. The molecular formula is C13H25NO4. The van der Waals surface area contributed by atoms with Crippen molar-refractivity contribution in [2.45, 2.75) is 47.1 Å². The molecule has 0 aliphatic heterocycles. The van der Waals surface area contributed by atoms with E-state index in [1.807, 2.05) is 13.8 Å². The Morgan fingerprint density at radius 2 is 1.78 bits per heavy atom. The minimum atomic E-state index is -1.25. The van der Waals surface area contributed by atoms with Gasteiger partial charge in [-0.15, -0.1) is 0 Å². The van der Waals surface area contributed by atoms with Gasteiger partial charge in [-0.2, -0.15) is 0 Å². The summed E-state index contributed by atoms with van der Waals surface area (Å²) in [6.07, 6.45) is 0. The Morgan fingerprint density at radius 1 is 1.28 bits per heavy atom. The Kier molecular flexibility index (Phi) is 5.80. The van der Waals surface area contributed by atoms with Gasteiger partial charge in [-0.1, -0.05) is 13.8 Å². The van der Waals surface area contributed by atoms with Gasteiger partial charge in [0, 0.05) is 6.54 Å². The molecule has 0 bridgehead atoms. The van der Waals surface area contributed by atoms with Crippen LogP contribution in [0.3, 0.4) is 0 Å². The van der Waals surface area contributed by atoms with E-state index in [-0.39, 0.29) is 19.1 Å². The van der Waals surface area contributed by atoms with Crippen LogP contribution >= 0.6 is 0 Å². The lowest BCUT2D eigenvalue weighted by Gasteiger charge is -2.30. The maximum atomic E-state index is 11.9. The summed E-state index contributed by atoms with van der Waals surface area (Å²) < 4.78 is 4.84. The van der Waals surface area contributed by atoms with Gasteiger partial charge in [0.2, 0.25) is 5.91 Å². The zero-order valence-corrected chi connectivity index (χ0v) is 12.2. The van der Waals surface area contributed by atoms with Crippen molar-refractivity contribution in [2.24, 2.45) is 11.3 Å². The zero-order valence-electron chi connectivity index (χ0n) is 12.2. The number of ether oxygens (including phenoxy) is 1. The smallest absolute Gasteiger partial charge is 0.321 e. The van der Waals surface area contributed by atoms with Crippen molar-refractivity contribution in [3.8, 4) is 0 Å². The second-order valence-corrected chi connectivity index (χ2v) is 5.54. The van der Waals surface area contributed by atoms with E-state index in [9.17, 15) is 14.7 Å². The molecule has 0 aromatic heterocycles. The molecule has 1 atom stereocenters. The van der Waals surface area contributed by atoms with Crippen LogP contribution in [0.5, 0.6) is 0 Å². The molecule has 0 aliphatic carbocycles. The van der Waals surface area contributed by atoms with Crippen LogP contribution in [0.2, 0.25) is 0 Å². The Labute approximate surface area is 109 Å². The molecule has 1 amide bonds. The van der Waals surface area contributed by atoms with Crippen LogP contribution in [0.4, 0.5) is 0 Å². The lowest BCUT2D eigenvalue weighted by atomic mass is 9.90. The predicted octanol–water partition coefficient (Wildman–Crippen LogP) is 1.10. The SMILES string of the molecule is CCOC(=O)C(C)(C)C(=O)NC[C@@](C)(O)C(C)C. The first-order valence-corrected chi connectivity index (χ1v) is 6.23. The highest BCUT2D eigenvalue weighted by atomic mass is 16.5. The van der Waals surface area contributed by atoms with Crippen LogP contribution in [0, 0.1) is 11.3 Å². The van der Waals surface area contributed by atoms with Gasteiger partial charge in [0.25, 0.3) is 0 Å². The molecule has 0 saturated heterocycles. The van der Waals surface area contributed by atoms with E-state index in [0.29, 0.717) is 0 Å². The minimum absolute atomic E-state index is 0.00325. The Balaban J connectivity index is 4.54. The summed E-state index contributed by atoms with van der Waals surface area (Å²) in [6, 6.07) is 0. The standard InChI is InChI=1S/C13H25NO4/c1-7-18-11(16)12(4,5)10(15)14-8-13(6,17)9(2)3/h9,17H,7-8H2,1-6H3,(H,14,15)/t13-/m1/s1. The molecule has 0 aliphatic rings. The van der Waals surface area contributed by atoms with Crippen molar-refractivity contribution in [3.63, 3.8) is 0 Å². The minimum Gasteiger partial charge on any atom is -0.465 e. The van der Waals surface area contributed by atoms with Crippen molar-refractivity contribution < 1.29 is 19.4 Å². The zero-order chi connectivity index (χ0) is 14.6. The summed E-state index contributed by atoms with van der Waals surface area (Å²) in [4.78, 5) is 23.5. The van der Waals surface area contributed by atoms with Crippen molar-refractivity contribution in [3.05, 3.63) is 0 Å². The number of aliphatic hydroxyl groups is 1. The number of hydrogen-bond acceptors (Lipinski definition) is 4. The number of esters is 1. The first-order valence-electron chi connectivity index (χ1n) is 6.23. The number of rotatable bonds is 6. The summed E-state index contributed by atoms with van der Waals surface area (Å²) in [5, 5.41) is 12.6. The van der Waals surface area contributed by atoms with Gasteiger partial charge in [0.15, 0.2) is 0 Å². The van der Waals surface area contributed by atoms with Crippen LogP contribution in [-0.4, -0.2) is 35.7 Å². The van der Waals surface area contributed by atoms with E-state index in [1.165, 1.54) is 13.8 Å². The second kappa shape index (κ2) is 6.18. The second-order valence-electron chi connectivity index (χ2n) is 5.54. The third-order valence-electron chi connectivity index (χ3n) is 3.20. The van der Waals surface area contributed by atoms with E-state index in [2.05, 4.69) is 5.32 Å². The highest BCUT2D eigenvalue weighted by molar-refractivity contribution is 6.01. The molecule has 0 aromatic rings. The molecule has 0 fully saturated rings. The lowest BCUT2D eigenvalue weighted by molar-refractivity contribution is -0.159. The van der Waals surface area contributed by atoms with E-state index in [1.54, 1.807) is 13.8 Å². The number of carbonyl (C=O) groups is 2. The average molecular weight is 259 g/mol. The molecule has 0 spiro atoms. The molecule has 0 radical (unpaired) electrons. The van der Waals surface area contributed by atoms with E-state index < -0.39 is 22.9 Å². The van der Waals surface area contributed by atoms with E-state index in [4.69, 9.17) is 4.74 Å². The summed E-state index contributed by atoms with van der Waals surface area (Å²) in [5.74, 6) is -1.00. The molecule has 5 nitrogen and oxygen atoms in total. The summed E-state index contributed by atoms with van der Waals surface area (Å²) in [6.45, 7) is 10.4. The van der Waals surface area contributed by atoms with Crippen molar-refractivity contribution in [1.29, 1.82) is 0 Å². The van der Waals surface area contributed by atoms with Crippen LogP contribution in [0.1, 0.15) is 41.5 Å². The van der Waals surface area contributed by atoms with Gasteiger partial charge in [-0.3, -0.25) is 9.59 Å². The quantitative estimate of drug-likeness (QED) is 0.553. The Morgan fingerprint density at radius 3 is 2.17 bits per heavy atom. The molecule has 0 rings (SSSR count). The van der Waals surface area contributed by atoms with Gasteiger partial charge in [0.05, 0.1) is 12.2 Å². The van der Waals surface area contributed by atoms with Gasteiger partial charge in [-0.05, 0) is 33.6 Å². The third-order valence-corrected chi connectivity index (χ3v) is 3.20. The fraction of sp³-hybridized carbons (Fsp3) is 0.846. The van der Waals surface area contributed by atoms with E-state index >= 15 is 0 Å². The Bertz CT molecular complexity index is 308. The molecule has 2 N–H and O–H groups in total. The fourth-order valence-corrected chi connectivity index (χ4v) is 1.09. The molecule has 106 valence electrons.